The monoisotopic (exact) mass is 473 g/mol. The summed E-state index contributed by atoms with van der Waals surface area (Å²) in [6, 6.07) is 8.06. The third-order valence-corrected chi connectivity index (χ3v) is 6.55. The van der Waals surface area contributed by atoms with Gasteiger partial charge in [-0.25, -0.2) is 4.79 Å². The zero-order valence-corrected chi connectivity index (χ0v) is 20.8. The quantitative estimate of drug-likeness (QED) is 0.457. The molecule has 2 N–H and O–H groups in total. The number of carbonyl (C=O) groups is 2. The highest BCUT2D eigenvalue weighted by molar-refractivity contribution is 7.99. The summed E-state index contributed by atoms with van der Waals surface area (Å²) in [6.45, 7) is 7.97. The van der Waals surface area contributed by atoms with E-state index in [4.69, 9.17) is 4.74 Å². The molecule has 1 aromatic heterocycles. The molecule has 0 aliphatic heterocycles. The van der Waals surface area contributed by atoms with Crippen molar-refractivity contribution in [3.05, 3.63) is 36.2 Å². The van der Waals surface area contributed by atoms with E-state index in [1.807, 2.05) is 56.5 Å². The van der Waals surface area contributed by atoms with E-state index in [0.29, 0.717) is 11.7 Å². The number of ether oxygens (including phenoxy) is 1. The third kappa shape index (κ3) is 7.77. The molecule has 1 aliphatic rings. The van der Waals surface area contributed by atoms with Crippen LogP contribution in [0.25, 0.3) is 5.69 Å². The SMILES string of the molecule is Cc1ccc(-n2cnnc2SCC(=O)NCC2(NC(=O)OC(C)(C)C)CCCCCC2)cc1. The largest absolute Gasteiger partial charge is 0.444 e. The Hall–Kier alpha value is -2.55. The molecular weight excluding hydrogens is 438 g/mol. The van der Waals surface area contributed by atoms with E-state index in [1.54, 1.807) is 6.33 Å². The molecule has 1 aliphatic carbocycles. The van der Waals surface area contributed by atoms with Crippen molar-refractivity contribution in [1.29, 1.82) is 0 Å². The van der Waals surface area contributed by atoms with Crippen LogP contribution in [0.2, 0.25) is 0 Å². The van der Waals surface area contributed by atoms with Crippen LogP contribution >= 0.6 is 11.8 Å². The van der Waals surface area contributed by atoms with Crippen LogP contribution in [0.1, 0.15) is 64.9 Å². The van der Waals surface area contributed by atoms with Crippen LogP contribution in [-0.2, 0) is 9.53 Å². The number of aromatic nitrogens is 3. The Bertz CT molecular complexity index is 928. The van der Waals surface area contributed by atoms with E-state index >= 15 is 0 Å². The number of nitrogens with zero attached hydrogens (tertiary/aromatic N) is 3. The molecule has 0 saturated heterocycles. The number of alkyl carbamates (subject to hydrolysis) is 1. The number of hydrogen-bond acceptors (Lipinski definition) is 6. The lowest BCUT2D eigenvalue weighted by Crippen LogP contribution is -2.56. The average Bonchev–Trinajstić information content (AvgIpc) is 3.09. The number of rotatable bonds is 7. The molecule has 1 heterocycles. The number of amides is 2. The second-order valence-corrected chi connectivity index (χ2v) is 10.6. The molecule has 9 heteroatoms. The smallest absolute Gasteiger partial charge is 0.408 e. The first-order valence-electron chi connectivity index (χ1n) is 11.5. The van der Waals surface area contributed by atoms with Crippen molar-refractivity contribution in [1.82, 2.24) is 25.4 Å². The van der Waals surface area contributed by atoms with Crippen molar-refractivity contribution in [3.8, 4) is 5.69 Å². The minimum atomic E-state index is -0.566. The van der Waals surface area contributed by atoms with Gasteiger partial charge in [0.25, 0.3) is 0 Å². The predicted octanol–water partition coefficient (Wildman–Crippen LogP) is 4.40. The van der Waals surface area contributed by atoms with Crippen LogP contribution in [0.5, 0.6) is 0 Å². The molecule has 8 nitrogen and oxygen atoms in total. The van der Waals surface area contributed by atoms with Crippen molar-refractivity contribution >= 4 is 23.8 Å². The van der Waals surface area contributed by atoms with Gasteiger partial charge in [0.05, 0.1) is 11.3 Å². The van der Waals surface area contributed by atoms with Crippen molar-refractivity contribution in [3.63, 3.8) is 0 Å². The lowest BCUT2D eigenvalue weighted by Gasteiger charge is -2.35. The Kier molecular flexibility index (Phi) is 8.40. The third-order valence-electron chi connectivity index (χ3n) is 5.61. The second kappa shape index (κ2) is 11.0. The van der Waals surface area contributed by atoms with Crippen LogP contribution in [-0.4, -0.2) is 50.2 Å². The van der Waals surface area contributed by atoms with Gasteiger partial charge in [-0.05, 0) is 52.7 Å². The fourth-order valence-corrected chi connectivity index (χ4v) is 4.68. The maximum Gasteiger partial charge on any atom is 0.408 e. The van der Waals surface area contributed by atoms with Gasteiger partial charge in [0.2, 0.25) is 5.91 Å². The molecule has 0 spiro atoms. The molecule has 33 heavy (non-hydrogen) atoms. The normalized spacial score (nSPS) is 16.0. The average molecular weight is 474 g/mol. The Morgan fingerprint density at radius 2 is 1.79 bits per heavy atom. The molecule has 1 saturated carbocycles. The Morgan fingerprint density at radius 3 is 2.42 bits per heavy atom. The molecule has 0 unspecified atom stereocenters. The Labute approximate surface area is 200 Å². The van der Waals surface area contributed by atoms with Gasteiger partial charge >= 0.3 is 6.09 Å². The zero-order chi connectivity index (χ0) is 23.9. The minimum absolute atomic E-state index is 0.104. The van der Waals surface area contributed by atoms with Crippen molar-refractivity contribution in [2.24, 2.45) is 0 Å². The number of hydrogen-bond donors (Lipinski definition) is 2. The molecule has 2 aromatic rings. The van der Waals surface area contributed by atoms with E-state index in [1.165, 1.54) is 17.3 Å². The van der Waals surface area contributed by atoms with Crippen molar-refractivity contribution in [2.45, 2.75) is 82.5 Å². The van der Waals surface area contributed by atoms with Gasteiger partial charge in [-0.15, -0.1) is 10.2 Å². The summed E-state index contributed by atoms with van der Waals surface area (Å²) in [5.41, 5.74) is 1.07. The predicted molar refractivity (Wildman–Crippen MR) is 130 cm³/mol. The van der Waals surface area contributed by atoms with E-state index in [9.17, 15) is 9.59 Å². The van der Waals surface area contributed by atoms with Gasteiger partial charge in [0.15, 0.2) is 5.16 Å². The number of carbonyl (C=O) groups excluding carboxylic acids is 2. The van der Waals surface area contributed by atoms with Crippen LogP contribution in [0.3, 0.4) is 0 Å². The number of thioether (sulfide) groups is 1. The van der Waals surface area contributed by atoms with Gasteiger partial charge in [0, 0.05) is 12.2 Å². The summed E-state index contributed by atoms with van der Waals surface area (Å²) in [4.78, 5) is 25.2. The van der Waals surface area contributed by atoms with Gasteiger partial charge in [-0.3, -0.25) is 9.36 Å². The summed E-state index contributed by atoms with van der Waals surface area (Å²) < 4.78 is 7.36. The highest BCUT2D eigenvalue weighted by Gasteiger charge is 2.34. The number of benzene rings is 1. The number of nitrogens with one attached hydrogen (secondary N) is 2. The van der Waals surface area contributed by atoms with Crippen LogP contribution < -0.4 is 10.6 Å². The summed E-state index contributed by atoms with van der Waals surface area (Å²) in [5.74, 6) is 0.112. The van der Waals surface area contributed by atoms with E-state index in [2.05, 4.69) is 20.8 Å². The van der Waals surface area contributed by atoms with Crippen LogP contribution in [0.15, 0.2) is 35.7 Å². The molecule has 0 bridgehead atoms. The van der Waals surface area contributed by atoms with Crippen molar-refractivity contribution < 1.29 is 14.3 Å². The fraction of sp³-hybridized carbons (Fsp3) is 0.583. The zero-order valence-electron chi connectivity index (χ0n) is 20.0. The van der Waals surface area contributed by atoms with Gasteiger partial charge in [-0.1, -0.05) is 55.1 Å². The molecule has 0 atom stereocenters. The van der Waals surface area contributed by atoms with Crippen molar-refractivity contribution in [2.75, 3.05) is 12.3 Å². The Morgan fingerprint density at radius 1 is 1.12 bits per heavy atom. The maximum absolute atomic E-state index is 12.7. The molecule has 2 amide bonds. The topological polar surface area (TPSA) is 98.1 Å². The summed E-state index contributed by atoms with van der Waals surface area (Å²) in [5, 5.41) is 14.9. The molecule has 1 fully saturated rings. The van der Waals surface area contributed by atoms with Crippen LogP contribution in [0.4, 0.5) is 4.79 Å². The van der Waals surface area contributed by atoms with E-state index in [0.717, 1.165) is 44.2 Å². The van der Waals surface area contributed by atoms with Crippen LogP contribution in [0, 0.1) is 6.92 Å². The first-order chi connectivity index (χ1) is 15.7. The molecule has 180 valence electrons. The first-order valence-corrected chi connectivity index (χ1v) is 12.5. The van der Waals surface area contributed by atoms with Gasteiger partial charge < -0.3 is 15.4 Å². The lowest BCUT2D eigenvalue weighted by atomic mass is 9.90. The Balaban J connectivity index is 1.58. The molecule has 1 aromatic carbocycles. The maximum atomic E-state index is 12.7. The van der Waals surface area contributed by atoms with E-state index in [-0.39, 0.29) is 11.7 Å². The first kappa shape index (κ1) is 25.1. The standard InChI is InChI=1S/C24H35N5O3S/c1-18-9-11-19(12-10-18)29-17-26-28-21(29)33-15-20(30)25-16-24(13-7-5-6-8-14-24)27-22(31)32-23(2,3)4/h9-12,17H,5-8,13-16H2,1-4H3,(H,25,30)(H,27,31). The molecule has 3 rings (SSSR count). The molecule has 0 radical (unpaired) electrons. The van der Waals surface area contributed by atoms with Gasteiger partial charge in [-0.2, -0.15) is 0 Å². The lowest BCUT2D eigenvalue weighted by molar-refractivity contribution is -0.118. The molecular formula is C24H35N5O3S. The summed E-state index contributed by atoms with van der Waals surface area (Å²) in [7, 11) is 0. The number of aryl methyl sites for hydroxylation is 1. The summed E-state index contributed by atoms with van der Waals surface area (Å²) in [6.07, 6.45) is 7.16. The minimum Gasteiger partial charge on any atom is -0.444 e. The summed E-state index contributed by atoms with van der Waals surface area (Å²) >= 11 is 1.34. The van der Waals surface area contributed by atoms with E-state index < -0.39 is 17.2 Å². The fourth-order valence-electron chi connectivity index (χ4n) is 3.93. The highest BCUT2D eigenvalue weighted by atomic mass is 32.2. The van der Waals surface area contributed by atoms with Gasteiger partial charge in [0.1, 0.15) is 11.9 Å². The second-order valence-electron chi connectivity index (χ2n) is 9.71. The highest BCUT2D eigenvalue weighted by Crippen LogP contribution is 2.27.